The van der Waals surface area contributed by atoms with Gasteiger partial charge in [-0.3, -0.25) is 4.79 Å². The van der Waals surface area contributed by atoms with E-state index in [0.717, 1.165) is 19.5 Å². The smallest absolute Gasteiger partial charge is 0.252 e. The van der Waals surface area contributed by atoms with E-state index in [1.165, 1.54) is 18.2 Å². The summed E-state index contributed by atoms with van der Waals surface area (Å²) in [6.07, 6.45) is 1.08. The first-order valence-corrected chi connectivity index (χ1v) is 6.02. The van der Waals surface area contributed by atoms with Crippen LogP contribution in [0.2, 0.25) is 5.02 Å². The first-order valence-electron chi connectivity index (χ1n) is 5.64. The molecule has 3 N–H and O–H groups in total. The maximum absolute atomic E-state index is 11.8. The van der Waals surface area contributed by atoms with Gasteiger partial charge in [-0.1, -0.05) is 11.6 Å². The average Bonchev–Trinajstić information content (AvgIpc) is 2.82. The van der Waals surface area contributed by atoms with Gasteiger partial charge in [-0.2, -0.15) is 0 Å². The van der Waals surface area contributed by atoms with Gasteiger partial charge in [0, 0.05) is 6.54 Å². The molecule has 1 aliphatic rings. The van der Waals surface area contributed by atoms with E-state index in [-0.39, 0.29) is 11.7 Å². The Morgan fingerprint density at radius 1 is 1.59 bits per heavy atom. The van der Waals surface area contributed by atoms with Crippen LogP contribution in [0.15, 0.2) is 18.2 Å². The highest BCUT2D eigenvalue weighted by Crippen LogP contribution is 2.21. The number of aromatic hydroxyl groups is 1. The SMILES string of the molecule is O=C(NCC1CCNC1)c1cc(O)ccc1Cl. The summed E-state index contributed by atoms with van der Waals surface area (Å²) in [6, 6.07) is 4.35. The Kier molecular flexibility index (Phi) is 3.86. The summed E-state index contributed by atoms with van der Waals surface area (Å²) in [6.45, 7) is 2.58. The number of rotatable bonds is 3. The van der Waals surface area contributed by atoms with E-state index in [9.17, 15) is 9.90 Å². The minimum atomic E-state index is -0.238. The first-order chi connectivity index (χ1) is 8.16. The molecule has 1 aromatic rings. The van der Waals surface area contributed by atoms with Crippen molar-refractivity contribution >= 4 is 17.5 Å². The van der Waals surface area contributed by atoms with Gasteiger partial charge < -0.3 is 15.7 Å². The van der Waals surface area contributed by atoms with Crippen LogP contribution in [-0.2, 0) is 0 Å². The number of amides is 1. The highest BCUT2D eigenvalue weighted by molar-refractivity contribution is 6.33. The summed E-state index contributed by atoms with van der Waals surface area (Å²) < 4.78 is 0. The fourth-order valence-corrected chi connectivity index (χ4v) is 2.11. The molecule has 1 amide bonds. The molecule has 1 unspecified atom stereocenters. The van der Waals surface area contributed by atoms with Gasteiger partial charge >= 0.3 is 0 Å². The normalized spacial score (nSPS) is 19.2. The lowest BCUT2D eigenvalue weighted by atomic mass is 10.1. The summed E-state index contributed by atoms with van der Waals surface area (Å²) >= 11 is 5.90. The van der Waals surface area contributed by atoms with Crippen molar-refractivity contribution in [3.8, 4) is 5.75 Å². The Morgan fingerprint density at radius 3 is 3.12 bits per heavy atom. The molecule has 5 heteroatoms. The van der Waals surface area contributed by atoms with E-state index in [4.69, 9.17) is 11.6 Å². The molecule has 0 bridgehead atoms. The zero-order valence-electron chi connectivity index (χ0n) is 9.37. The van der Waals surface area contributed by atoms with Crippen LogP contribution in [0.1, 0.15) is 16.8 Å². The quantitative estimate of drug-likeness (QED) is 0.764. The first kappa shape index (κ1) is 12.2. The molecule has 4 nitrogen and oxygen atoms in total. The third-order valence-corrected chi connectivity index (χ3v) is 3.24. The van der Waals surface area contributed by atoms with Crippen molar-refractivity contribution in [2.24, 2.45) is 5.92 Å². The predicted molar refractivity (Wildman–Crippen MR) is 66.4 cm³/mol. The fourth-order valence-electron chi connectivity index (χ4n) is 1.91. The molecule has 1 saturated heterocycles. The summed E-state index contributed by atoms with van der Waals surface area (Å²) in [4.78, 5) is 11.8. The van der Waals surface area contributed by atoms with Gasteiger partial charge in [0.1, 0.15) is 5.75 Å². The molecule has 0 aliphatic carbocycles. The molecular formula is C12H15ClN2O2. The number of hydrogen-bond donors (Lipinski definition) is 3. The lowest BCUT2D eigenvalue weighted by molar-refractivity contribution is 0.0948. The summed E-state index contributed by atoms with van der Waals surface area (Å²) in [5.74, 6) is 0.287. The summed E-state index contributed by atoms with van der Waals surface area (Å²) in [7, 11) is 0. The van der Waals surface area contributed by atoms with Gasteiger partial charge in [0.05, 0.1) is 10.6 Å². The van der Waals surface area contributed by atoms with Gasteiger partial charge in [0.15, 0.2) is 0 Å². The Labute approximate surface area is 105 Å². The monoisotopic (exact) mass is 254 g/mol. The minimum absolute atomic E-state index is 0.0436. The van der Waals surface area contributed by atoms with Crippen molar-refractivity contribution < 1.29 is 9.90 Å². The van der Waals surface area contributed by atoms with Gasteiger partial charge in [-0.25, -0.2) is 0 Å². The second kappa shape index (κ2) is 5.38. The third-order valence-electron chi connectivity index (χ3n) is 2.91. The number of carbonyl (C=O) groups is 1. The lowest BCUT2D eigenvalue weighted by Gasteiger charge is -2.11. The van der Waals surface area contributed by atoms with Crippen LogP contribution in [0.5, 0.6) is 5.75 Å². The van der Waals surface area contributed by atoms with E-state index in [1.807, 2.05) is 0 Å². The van der Waals surface area contributed by atoms with Crippen molar-refractivity contribution in [1.82, 2.24) is 10.6 Å². The Bertz CT molecular complexity index is 417. The zero-order chi connectivity index (χ0) is 12.3. The molecule has 2 rings (SSSR count). The molecule has 0 radical (unpaired) electrons. The van der Waals surface area contributed by atoms with Crippen LogP contribution < -0.4 is 10.6 Å². The van der Waals surface area contributed by atoms with Gasteiger partial charge in [0.2, 0.25) is 0 Å². The van der Waals surface area contributed by atoms with Crippen molar-refractivity contribution in [3.63, 3.8) is 0 Å². The average molecular weight is 255 g/mol. The lowest BCUT2D eigenvalue weighted by Crippen LogP contribution is -2.30. The van der Waals surface area contributed by atoms with Crippen molar-refractivity contribution in [1.29, 1.82) is 0 Å². The van der Waals surface area contributed by atoms with Crippen molar-refractivity contribution in [2.45, 2.75) is 6.42 Å². The highest BCUT2D eigenvalue weighted by atomic mass is 35.5. The number of phenols is 1. The number of halogens is 1. The fraction of sp³-hybridized carbons (Fsp3) is 0.417. The second-order valence-electron chi connectivity index (χ2n) is 4.23. The minimum Gasteiger partial charge on any atom is -0.508 e. The van der Waals surface area contributed by atoms with Gasteiger partial charge in [-0.05, 0) is 43.6 Å². The largest absolute Gasteiger partial charge is 0.508 e. The number of hydrogen-bond acceptors (Lipinski definition) is 3. The molecule has 1 heterocycles. The Hall–Kier alpha value is -1.26. The molecule has 1 aromatic carbocycles. The molecule has 1 atom stereocenters. The van der Waals surface area contributed by atoms with Crippen LogP contribution in [0, 0.1) is 5.92 Å². The van der Waals surface area contributed by atoms with E-state index in [0.29, 0.717) is 23.0 Å². The van der Waals surface area contributed by atoms with E-state index < -0.39 is 0 Å². The molecule has 1 fully saturated rings. The molecular weight excluding hydrogens is 240 g/mol. The molecule has 1 aliphatic heterocycles. The van der Waals surface area contributed by atoms with Crippen LogP contribution in [0.4, 0.5) is 0 Å². The predicted octanol–water partition coefficient (Wildman–Crippen LogP) is 1.38. The third kappa shape index (κ3) is 3.11. The van der Waals surface area contributed by atoms with Crippen LogP contribution in [-0.4, -0.2) is 30.6 Å². The molecule has 92 valence electrons. The number of phenolic OH excluding ortho intramolecular Hbond substituents is 1. The molecule has 0 aromatic heterocycles. The van der Waals surface area contributed by atoms with Crippen molar-refractivity contribution in [2.75, 3.05) is 19.6 Å². The second-order valence-corrected chi connectivity index (χ2v) is 4.64. The van der Waals surface area contributed by atoms with E-state index >= 15 is 0 Å². The molecule has 0 spiro atoms. The van der Waals surface area contributed by atoms with Crippen LogP contribution in [0.3, 0.4) is 0 Å². The van der Waals surface area contributed by atoms with Crippen molar-refractivity contribution in [3.05, 3.63) is 28.8 Å². The maximum atomic E-state index is 11.8. The van der Waals surface area contributed by atoms with E-state index in [1.54, 1.807) is 0 Å². The standard InChI is InChI=1S/C12H15ClN2O2/c13-11-2-1-9(16)5-10(11)12(17)15-7-8-3-4-14-6-8/h1-2,5,8,14,16H,3-4,6-7H2,(H,15,17). The number of benzene rings is 1. The van der Waals surface area contributed by atoms with Crippen LogP contribution in [0.25, 0.3) is 0 Å². The summed E-state index contributed by atoms with van der Waals surface area (Å²) in [5, 5.41) is 15.7. The Morgan fingerprint density at radius 2 is 2.41 bits per heavy atom. The topological polar surface area (TPSA) is 61.4 Å². The summed E-state index contributed by atoms with van der Waals surface area (Å²) in [5.41, 5.74) is 0.317. The van der Waals surface area contributed by atoms with E-state index in [2.05, 4.69) is 10.6 Å². The Balaban J connectivity index is 1.96. The molecule has 17 heavy (non-hydrogen) atoms. The highest BCUT2D eigenvalue weighted by Gasteiger charge is 2.17. The zero-order valence-corrected chi connectivity index (χ0v) is 10.1. The van der Waals surface area contributed by atoms with Gasteiger partial charge in [0.25, 0.3) is 5.91 Å². The van der Waals surface area contributed by atoms with Crippen LogP contribution >= 0.6 is 11.6 Å². The maximum Gasteiger partial charge on any atom is 0.252 e. The van der Waals surface area contributed by atoms with Gasteiger partial charge in [-0.15, -0.1) is 0 Å². The number of carbonyl (C=O) groups excluding carboxylic acids is 1. The number of nitrogens with one attached hydrogen (secondary N) is 2. The molecule has 0 saturated carbocycles.